The van der Waals surface area contributed by atoms with Gasteiger partial charge in [0.2, 0.25) is 0 Å². The third-order valence-corrected chi connectivity index (χ3v) is 3.57. The molecular formula is C15H11Cl2N3O. The Labute approximate surface area is 131 Å². The highest BCUT2D eigenvalue weighted by Gasteiger charge is 2.15. The van der Waals surface area contributed by atoms with Gasteiger partial charge in [0.1, 0.15) is 0 Å². The van der Waals surface area contributed by atoms with Gasteiger partial charge in [-0.3, -0.25) is 0 Å². The van der Waals surface area contributed by atoms with Crippen molar-refractivity contribution < 1.29 is 4.52 Å². The van der Waals surface area contributed by atoms with E-state index in [1.54, 1.807) is 18.2 Å². The predicted molar refractivity (Wildman–Crippen MR) is 83.4 cm³/mol. The van der Waals surface area contributed by atoms with E-state index in [1.165, 1.54) is 0 Å². The van der Waals surface area contributed by atoms with Crippen LogP contribution >= 0.6 is 23.2 Å². The summed E-state index contributed by atoms with van der Waals surface area (Å²) in [7, 11) is 0. The average Bonchev–Trinajstić information content (AvgIpc) is 2.89. The highest BCUT2D eigenvalue weighted by Crippen LogP contribution is 2.32. The summed E-state index contributed by atoms with van der Waals surface area (Å²) in [6.07, 6.45) is 0.547. The van der Waals surface area contributed by atoms with Crippen LogP contribution in [0.15, 0.2) is 47.0 Å². The Balaban J connectivity index is 1.88. The minimum Gasteiger partial charge on any atom is -0.398 e. The first-order valence-corrected chi connectivity index (χ1v) is 7.00. The second-order valence-corrected chi connectivity index (χ2v) is 5.37. The Hall–Kier alpha value is -2.04. The first-order valence-electron chi connectivity index (χ1n) is 6.25. The summed E-state index contributed by atoms with van der Waals surface area (Å²) >= 11 is 12.0. The third kappa shape index (κ3) is 3.01. The number of benzene rings is 2. The van der Waals surface area contributed by atoms with Crippen LogP contribution in [0.25, 0.3) is 11.5 Å². The summed E-state index contributed by atoms with van der Waals surface area (Å²) in [5.74, 6) is 0.883. The van der Waals surface area contributed by atoms with Crippen LogP contribution in [0.1, 0.15) is 11.4 Å². The molecule has 0 amide bonds. The van der Waals surface area contributed by atoms with E-state index in [-0.39, 0.29) is 0 Å². The zero-order valence-electron chi connectivity index (χ0n) is 10.9. The van der Waals surface area contributed by atoms with Gasteiger partial charge in [0.25, 0.3) is 5.89 Å². The quantitative estimate of drug-likeness (QED) is 0.734. The molecule has 1 aromatic heterocycles. The average molecular weight is 320 g/mol. The van der Waals surface area contributed by atoms with Crippen LogP contribution in [0.4, 0.5) is 5.69 Å². The molecule has 6 heteroatoms. The summed E-state index contributed by atoms with van der Waals surface area (Å²) in [6, 6.07) is 12.7. The SMILES string of the molecule is Nc1cccc(Cl)c1-c1nc(Cc2ccc(Cl)cc2)no1. The maximum absolute atomic E-state index is 6.13. The minimum atomic E-state index is 0.321. The molecule has 2 N–H and O–H groups in total. The Kier molecular flexibility index (Phi) is 3.82. The number of nitrogen functional groups attached to an aromatic ring is 1. The molecule has 0 aliphatic carbocycles. The van der Waals surface area contributed by atoms with Crippen molar-refractivity contribution in [3.63, 3.8) is 0 Å². The van der Waals surface area contributed by atoms with Gasteiger partial charge in [0.05, 0.1) is 10.6 Å². The molecule has 1 heterocycles. The second-order valence-electron chi connectivity index (χ2n) is 4.52. The molecule has 0 bridgehead atoms. The lowest BCUT2D eigenvalue weighted by Gasteiger charge is -2.01. The van der Waals surface area contributed by atoms with Gasteiger partial charge in [0, 0.05) is 17.1 Å². The van der Waals surface area contributed by atoms with Crippen molar-refractivity contribution >= 4 is 28.9 Å². The van der Waals surface area contributed by atoms with Crippen LogP contribution in [0.2, 0.25) is 10.0 Å². The minimum absolute atomic E-state index is 0.321. The van der Waals surface area contributed by atoms with E-state index in [4.69, 9.17) is 33.5 Å². The third-order valence-electron chi connectivity index (χ3n) is 3.00. The Morgan fingerprint density at radius 2 is 1.81 bits per heavy atom. The van der Waals surface area contributed by atoms with Gasteiger partial charge in [-0.05, 0) is 29.8 Å². The molecule has 0 aliphatic rings. The topological polar surface area (TPSA) is 64.9 Å². The normalized spacial score (nSPS) is 10.8. The number of aromatic nitrogens is 2. The van der Waals surface area contributed by atoms with Gasteiger partial charge >= 0.3 is 0 Å². The number of hydrogen-bond donors (Lipinski definition) is 1. The van der Waals surface area contributed by atoms with Gasteiger partial charge in [0.15, 0.2) is 5.82 Å². The second kappa shape index (κ2) is 5.76. The smallest absolute Gasteiger partial charge is 0.261 e. The molecular weight excluding hydrogens is 309 g/mol. The van der Waals surface area contributed by atoms with E-state index in [0.717, 1.165) is 5.56 Å². The number of nitrogens with two attached hydrogens (primary N) is 1. The summed E-state index contributed by atoms with van der Waals surface area (Å²) < 4.78 is 5.26. The van der Waals surface area contributed by atoms with E-state index in [0.29, 0.717) is 39.4 Å². The molecule has 0 unspecified atom stereocenters. The van der Waals surface area contributed by atoms with Crippen LogP contribution in [-0.2, 0) is 6.42 Å². The molecule has 0 fully saturated rings. The Bertz CT molecular complexity index is 749. The first-order chi connectivity index (χ1) is 10.1. The molecule has 0 radical (unpaired) electrons. The van der Waals surface area contributed by atoms with Crippen molar-refractivity contribution in [2.75, 3.05) is 5.73 Å². The van der Waals surface area contributed by atoms with Crippen molar-refractivity contribution in [2.24, 2.45) is 0 Å². The van der Waals surface area contributed by atoms with Gasteiger partial charge in [-0.2, -0.15) is 4.98 Å². The zero-order valence-corrected chi connectivity index (χ0v) is 12.4. The number of rotatable bonds is 3. The number of anilines is 1. The molecule has 2 aromatic carbocycles. The number of nitrogens with zero attached hydrogens (tertiary/aromatic N) is 2. The maximum atomic E-state index is 6.13. The van der Waals surface area contributed by atoms with Crippen LogP contribution in [0.3, 0.4) is 0 Å². The zero-order chi connectivity index (χ0) is 14.8. The van der Waals surface area contributed by atoms with Gasteiger partial charge < -0.3 is 10.3 Å². The molecule has 106 valence electrons. The molecule has 0 saturated heterocycles. The van der Waals surface area contributed by atoms with E-state index < -0.39 is 0 Å². The van der Waals surface area contributed by atoms with E-state index in [9.17, 15) is 0 Å². The van der Waals surface area contributed by atoms with E-state index in [2.05, 4.69) is 10.1 Å². The maximum Gasteiger partial charge on any atom is 0.261 e. The monoisotopic (exact) mass is 319 g/mol. The van der Waals surface area contributed by atoms with Gasteiger partial charge in [-0.25, -0.2) is 0 Å². The molecule has 0 saturated carbocycles. The van der Waals surface area contributed by atoms with Crippen molar-refractivity contribution in [3.05, 3.63) is 63.9 Å². The molecule has 0 atom stereocenters. The fraction of sp³-hybridized carbons (Fsp3) is 0.0667. The lowest BCUT2D eigenvalue weighted by molar-refractivity contribution is 0.424. The molecule has 4 nitrogen and oxygen atoms in total. The lowest BCUT2D eigenvalue weighted by Crippen LogP contribution is -1.92. The van der Waals surface area contributed by atoms with Gasteiger partial charge in [-0.15, -0.1) is 0 Å². The van der Waals surface area contributed by atoms with E-state index >= 15 is 0 Å². The number of halogens is 2. The fourth-order valence-corrected chi connectivity index (χ4v) is 2.37. The van der Waals surface area contributed by atoms with Crippen molar-refractivity contribution in [2.45, 2.75) is 6.42 Å². The van der Waals surface area contributed by atoms with Crippen molar-refractivity contribution in [1.29, 1.82) is 0 Å². The molecule has 0 aliphatic heterocycles. The molecule has 3 aromatic rings. The molecule has 21 heavy (non-hydrogen) atoms. The fourth-order valence-electron chi connectivity index (χ4n) is 1.98. The van der Waals surface area contributed by atoms with Crippen LogP contribution in [-0.4, -0.2) is 10.1 Å². The summed E-state index contributed by atoms with van der Waals surface area (Å²) in [4.78, 5) is 4.34. The van der Waals surface area contributed by atoms with Crippen LogP contribution in [0, 0.1) is 0 Å². The number of hydrogen-bond acceptors (Lipinski definition) is 4. The van der Waals surface area contributed by atoms with Crippen LogP contribution in [0.5, 0.6) is 0 Å². The Morgan fingerprint density at radius 1 is 1.05 bits per heavy atom. The van der Waals surface area contributed by atoms with Crippen molar-refractivity contribution in [1.82, 2.24) is 10.1 Å². The summed E-state index contributed by atoms with van der Waals surface area (Å²) in [6.45, 7) is 0. The lowest BCUT2D eigenvalue weighted by atomic mass is 10.1. The summed E-state index contributed by atoms with van der Waals surface area (Å²) in [5, 5.41) is 5.13. The molecule has 0 spiro atoms. The molecule has 3 rings (SSSR count). The first kappa shape index (κ1) is 13.9. The van der Waals surface area contributed by atoms with Gasteiger partial charge in [-0.1, -0.05) is 46.6 Å². The van der Waals surface area contributed by atoms with Crippen molar-refractivity contribution in [3.8, 4) is 11.5 Å². The predicted octanol–water partition coefficient (Wildman–Crippen LogP) is 4.22. The summed E-state index contributed by atoms with van der Waals surface area (Å²) in [5.41, 5.74) is 8.01. The van der Waals surface area contributed by atoms with E-state index in [1.807, 2.05) is 24.3 Å². The highest BCUT2D eigenvalue weighted by molar-refractivity contribution is 6.33. The van der Waals surface area contributed by atoms with Crippen LogP contribution < -0.4 is 5.73 Å². The standard InChI is InChI=1S/C15H11Cl2N3O/c16-10-6-4-9(5-7-10)8-13-19-15(21-20-13)14-11(17)2-1-3-12(14)18/h1-7H,8,18H2. The Morgan fingerprint density at radius 3 is 2.52 bits per heavy atom. The largest absolute Gasteiger partial charge is 0.398 e. The highest BCUT2D eigenvalue weighted by atomic mass is 35.5.